The van der Waals surface area contributed by atoms with Crippen molar-refractivity contribution in [1.29, 1.82) is 10.5 Å². The molecule has 0 saturated heterocycles. The Balaban J connectivity index is 1.95. The Morgan fingerprint density at radius 3 is 1.80 bits per heavy atom. The molecule has 0 spiro atoms. The van der Waals surface area contributed by atoms with Gasteiger partial charge >= 0.3 is 7.60 Å². The number of imidazole rings is 1. The summed E-state index contributed by atoms with van der Waals surface area (Å²) in [4.78, 5) is 4.44. The van der Waals surface area contributed by atoms with Gasteiger partial charge < -0.3 is 9.05 Å². The van der Waals surface area contributed by atoms with Crippen LogP contribution in [0.3, 0.4) is 0 Å². The molecule has 1 aromatic heterocycles. The van der Waals surface area contributed by atoms with Crippen molar-refractivity contribution in [2.75, 3.05) is 0 Å². The lowest BCUT2D eigenvalue weighted by molar-refractivity contribution is 0.316. The number of para-hydroxylation sites is 2. The molecule has 0 unspecified atom stereocenters. The van der Waals surface area contributed by atoms with Crippen LogP contribution < -0.4 is 9.05 Å². The minimum Gasteiger partial charge on any atom is -0.415 e. The lowest BCUT2D eigenvalue weighted by Gasteiger charge is -2.35. The number of hydrogen-bond acceptors (Lipinski definition) is 6. The SMILES string of the molecule is Cc1ccc(-c2nc(C#N)c(C#N)n2C(C)(C)P(=O)(Oc2ccccc2)Oc2ccccc2)cc1. The molecule has 3 aromatic carbocycles. The normalized spacial score (nSPS) is 11.3. The van der Waals surface area contributed by atoms with Crippen LogP contribution in [0.25, 0.3) is 11.4 Å². The first-order valence-corrected chi connectivity index (χ1v) is 12.4. The monoisotopic (exact) mass is 482 g/mol. The first-order chi connectivity index (χ1) is 16.8. The number of aromatic nitrogens is 2. The van der Waals surface area contributed by atoms with E-state index in [-0.39, 0.29) is 11.4 Å². The van der Waals surface area contributed by atoms with E-state index >= 15 is 0 Å². The van der Waals surface area contributed by atoms with Crippen LogP contribution in [0.15, 0.2) is 84.9 Å². The summed E-state index contributed by atoms with van der Waals surface area (Å²) in [6.45, 7) is 5.26. The van der Waals surface area contributed by atoms with E-state index in [2.05, 4.69) is 11.1 Å². The van der Waals surface area contributed by atoms with E-state index in [4.69, 9.17) is 9.05 Å². The molecule has 0 radical (unpaired) electrons. The van der Waals surface area contributed by atoms with Crippen molar-refractivity contribution in [2.45, 2.75) is 26.1 Å². The maximum atomic E-state index is 14.7. The second kappa shape index (κ2) is 9.50. The fourth-order valence-corrected chi connectivity index (χ4v) is 5.36. The van der Waals surface area contributed by atoms with Crippen LogP contribution in [0.5, 0.6) is 11.5 Å². The van der Waals surface area contributed by atoms with Crippen molar-refractivity contribution in [2.24, 2.45) is 0 Å². The van der Waals surface area contributed by atoms with Crippen molar-refractivity contribution in [1.82, 2.24) is 9.55 Å². The van der Waals surface area contributed by atoms with Crippen LogP contribution in [0.4, 0.5) is 0 Å². The minimum absolute atomic E-state index is 0.0263. The highest BCUT2D eigenvalue weighted by atomic mass is 31.2. The molecular weight excluding hydrogens is 459 g/mol. The van der Waals surface area contributed by atoms with Crippen LogP contribution in [0, 0.1) is 29.6 Å². The maximum absolute atomic E-state index is 14.7. The van der Waals surface area contributed by atoms with Gasteiger partial charge in [-0.1, -0.05) is 66.2 Å². The third-order valence-corrected chi connectivity index (χ3v) is 8.00. The van der Waals surface area contributed by atoms with Gasteiger partial charge in [0.1, 0.15) is 29.5 Å². The van der Waals surface area contributed by atoms with Crippen LogP contribution >= 0.6 is 7.60 Å². The summed E-state index contributed by atoms with van der Waals surface area (Å²) < 4.78 is 28.3. The molecule has 8 heteroatoms. The number of aryl methyl sites for hydroxylation is 1. The van der Waals surface area contributed by atoms with Crippen LogP contribution in [-0.2, 0) is 9.85 Å². The number of hydrogen-bond donors (Lipinski definition) is 0. The zero-order valence-electron chi connectivity index (χ0n) is 19.5. The average molecular weight is 482 g/mol. The predicted octanol–water partition coefficient (Wildman–Crippen LogP) is 6.65. The summed E-state index contributed by atoms with van der Waals surface area (Å²) >= 11 is 0. The molecule has 174 valence electrons. The highest BCUT2D eigenvalue weighted by Gasteiger charge is 2.51. The Hall–Kier alpha value is -4.32. The van der Waals surface area contributed by atoms with Gasteiger partial charge in [0.15, 0.2) is 16.7 Å². The van der Waals surface area contributed by atoms with E-state index in [0.29, 0.717) is 22.9 Å². The Bertz CT molecular complexity index is 1420. The molecular formula is C27H23N4O3P. The quantitative estimate of drug-likeness (QED) is 0.274. The summed E-state index contributed by atoms with van der Waals surface area (Å²) in [5.74, 6) is 1.00. The molecule has 0 fully saturated rings. The van der Waals surface area contributed by atoms with Gasteiger partial charge in [-0.05, 0) is 45.0 Å². The minimum atomic E-state index is -4.12. The number of rotatable bonds is 7. The molecule has 1 heterocycles. The lowest BCUT2D eigenvalue weighted by atomic mass is 10.1. The van der Waals surface area contributed by atoms with Crippen molar-refractivity contribution in [3.8, 4) is 35.0 Å². The summed E-state index contributed by atoms with van der Waals surface area (Å²) in [7, 11) is -4.12. The molecule has 0 saturated carbocycles. The van der Waals surface area contributed by atoms with Gasteiger partial charge in [0.2, 0.25) is 0 Å². The lowest BCUT2D eigenvalue weighted by Crippen LogP contribution is -2.32. The van der Waals surface area contributed by atoms with Gasteiger partial charge in [-0.2, -0.15) is 10.5 Å². The average Bonchev–Trinajstić information content (AvgIpc) is 3.25. The summed E-state index contributed by atoms with van der Waals surface area (Å²) in [5, 5.41) is 18.3. The Kier molecular flexibility index (Phi) is 6.47. The number of nitriles is 2. The topological polar surface area (TPSA) is 101 Å². The predicted molar refractivity (Wildman–Crippen MR) is 133 cm³/mol. The van der Waals surface area contributed by atoms with Gasteiger partial charge in [0, 0.05) is 5.56 Å². The fourth-order valence-electron chi connectivity index (χ4n) is 3.64. The first-order valence-electron chi connectivity index (χ1n) is 10.9. The van der Waals surface area contributed by atoms with Crippen LogP contribution in [0.1, 0.15) is 30.8 Å². The van der Waals surface area contributed by atoms with Gasteiger partial charge in [0.05, 0.1) is 0 Å². The standard InChI is InChI=1S/C27H23N4O3P/c1-20-14-16-21(17-15-20)26-30-24(18-28)25(19-29)31(26)27(2,3)35(32,33-22-10-6-4-7-11-22)34-23-12-8-5-9-13-23/h4-17H,1-3H3. The Morgan fingerprint density at radius 2 is 1.34 bits per heavy atom. The third-order valence-electron chi connectivity index (χ3n) is 5.55. The van der Waals surface area contributed by atoms with Gasteiger partial charge in [-0.25, -0.2) is 9.55 Å². The molecule has 35 heavy (non-hydrogen) atoms. The van der Waals surface area contributed by atoms with E-state index in [1.807, 2.05) is 49.4 Å². The zero-order valence-corrected chi connectivity index (χ0v) is 20.4. The van der Waals surface area contributed by atoms with Gasteiger partial charge in [0.25, 0.3) is 0 Å². The largest absolute Gasteiger partial charge is 0.456 e. The van der Waals surface area contributed by atoms with Crippen molar-refractivity contribution >= 4 is 7.60 Å². The number of benzene rings is 3. The van der Waals surface area contributed by atoms with Gasteiger partial charge in [-0.3, -0.25) is 4.57 Å². The van der Waals surface area contributed by atoms with Crippen LogP contribution in [-0.4, -0.2) is 9.55 Å². The third kappa shape index (κ3) is 4.55. The van der Waals surface area contributed by atoms with E-state index in [9.17, 15) is 15.1 Å². The smallest absolute Gasteiger partial charge is 0.415 e. The summed E-state index contributed by atoms with van der Waals surface area (Å²) in [6.07, 6.45) is 0. The second-order valence-corrected chi connectivity index (χ2v) is 10.8. The highest BCUT2D eigenvalue weighted by molar-refractivity contribution is 7.55. The second-order valence-electron chi connectivity index (χ2n) is 8.36. The molecule has 0 aliphatic rings. The van der Waals surface area contributed by atoms with Gasteiger partial charge in [-0.15, -0.1) is 0 Å². The highest BCUT2D eigenvalue weighted by Crippen LogP contribution is 2.62. The van der Waals surface area contributed by atoms with Crippen LogP contribution in [0.2, 0.25) is 0 Å². The Labute approximate surface area is 204 Å². The molecule has 0 N–H and O–H groups in total. The van der Waals surface area contributed by atoms with E-state index in [0.717, 1.165) is 5.56 Å². The fraction of sp³-hybridized carbons (Fsp3) is 0.148. The van der Waals surface area contributed by atoms with Crippen molar-refractivity contribution in [3.05, 3.63) is 102 Å². The molecule has 0 atom stereocenters. The Morgan fingerprint density at radius 1 is 0.829 bits per heavy atom. The molecule has 0 bridgehead atoms. The molecule has 0 aliphatic carbocycles. The molecule has 0 aliphatic heterocycles. The van der Waals surface area contributed by atoms with E-state index in [1.54, 1.807) is 62.4 Å². The molecule has 4 rings (SSSR count). The number of nitrogens with zero attached hydrogens (tertiary/aromatic N) is 4. The molecule has 0 amide bonds. The molecule has 4 aromatic rings. The molecule has 7 nitrogen and oxygen atoms in total. The van der Waals surface area contributed by atoms with E-state index < -0.39 is 12.9 Å². The zero-order chi connectivity index (χ0) is 25.1. The summed E-state index contributed by atoms with van der Waals surface area (Å²) in [6, 6.07) is 28.9. The van der Waals surface area contributed by atoms with Crippen molar-refractivity contribution < 1.29 is 13.6 Å². The first kappa shape index (κ1) is 23.8. The van der Waals surface area contributed by atoms with Crippen molar-refractivity contribution in [3.63, 3.8) is 0 Å². The maximum Gasteiger partial charge on any atom is 0.456 e. The van der Waals surface area contributed by atoms with E-state index in [1.165, 1.54) is 4.57 Å². The summed E-state index contributed by atoms with van der Waals surface area (Å²) in [5.41, 5.74) is 1.61.